The molecular weight excluding hydrogens is 346 g/mol. The van der Waals surface area contributed by atoms with Crippen molar-refractivity contribution in [1.82, 2.24) is 9.80 Å². The maximum atomic E-state index is 12.9. The number of morpholine rings is 1. The molecule has 0 radical (unpaired) electrons. The summed E-state index contributed by atoms with van der Waals surface area (Å²) in [5, 5.41) is 11.0. The Morgan fingerprint density at radius 2 is 1.85 bits per heavy atom. The summed E-state index contributed by atoms with van der Waals surface area (Å²) in [4.78, 5) is 27.8. The molecule has 7 heteroatoms. The van der Waals surface area contributed by atoms with E-state index in [0.717, 1.165) is 31.5 Å². The first-order valence-corrected chi connectivity index (χ1v) is 9.77. The van der Waals surface area contributed by atoms with Gasteiger partial charge in [-0.1, -0.05) is 12.1 Å². The average Bonchev–Trinajstić information content (AvgIpc) is 2.66. The molecular formula is C20H29N3O4. The van der Waals surface area contributed by atoms with Crippen LogP contribution >= 0.6 is 0 Å². The monoisotopic (exact) mass is 375 g/mol. The maximum Gasteiger partial charge on any atom is 0.269 e. The van der Waals surface area contributed by atoms with Crippen LogP contribution in [0.15, 0.2) is 24.3 Å². The van der Waals surface area contributed by atoms with Crippen molar-refractivity contribution in [2.24, 2.45) is 5.92 Å². The van der Waals surface area contributed by atoms with Gasteiger partial charge in [-0.15, -0.1) is 0 Å². The molecule has 0 bridgehead atoms. The van der Waals surface area contributed by atoms with Crippen LogP contribution in [0.4, 0.5) is 5.69 Å². The molecule has 2 heterocycles. The van der Waals surface area contributed by atoms with E-state index in [1.807, 2.05) is 24.8 Å². The van der Waals surface area contributed by atoms with Crippen molar-refractivity contribution in [2.45, 2.75) is 51.9 Å². The van der Waals surface area contributed by atoms with E-state index in [-0.39, 0.29) is 40.7 Å². The molecule has 0 unspecified atom stereocenters. The second-order valence-corrected chi connectivity index (χ2v) is 7.84. The summed E-state index contributed by atoms with van der Waals surface area (Å²) in [5.41, 5.74) is 1.07. The Morgan fingerprint density at radius 3 is 2.44 bits per heavy atom. The molecule has 0 saturated carbocycles. The van der Waals surface area contributed by atoms with Gasteiger partial charge in [0.05, 0.1) is 17.1 Å². The lowest BCUT2D eigenvalue weighted by Gasteiger charge is -2.40. The molecule has 148 valence electrons. The van der Waals surface area contributed by atoms with E-state index in [9.17, 15) is 14.9 Å². The molecule has 0 N–H and O–H groups in total. The summed E-state index contributed by atoms with van der Waals surface area (Å²) in [6.07, 6.45) is 1.84. The molecule has 7 nitrogen and oxygen atoms in total. The van der Waals surface area contributed by atoms with Gasteiger partial charge in [0.15, 0.2) is 0 Å². The van der Waals surface area contributed by atoms with Gasteiger partial charge in [-0.25, -0.2) is 0 Å². The Bertz CT molecular complexity index is 678. The molecule has 2 aliphatic heterocycles. The van der Waals surface area contributed by atoms with Gasteiger partial charge in [0, 0.05) is 37.2 Å². The van der Waals surface area contributed by atoms with E-state index >= 15 is 0 Å². The number of carbonyl (C=O) groups is 1. The normalized spacial score (nSPS) is 26.0. The third-order valence-electron chi connectivity index (χ3n) is 5.72. The van der Waals surface area contributed by atoms with Crippen LogP contribution in [0.25, 0.3) is 0 Å². The maximum absolute atomic E-state index is 12.9. The Kier molecular flexibility index (Phi) is 6.11. The van der Waals surface area contributed by atoms with Crippen molar-refractivity contribution in [2.75, 3.05) is 26.2 Å². The van der Waals surface area contributed by atoms with Crippen LogP contribution in [-0.2, 0) is 9.53 Å². The van der Waals surface area contributed by atoms with Gasteiger partial charge in [0.25, 0.3) is 5.69 Å². The fourth-order valence-electron chi connectivity index (χ4n) is 4.26. The molecule has 1 amide bonds. The number of hydrogen-bond acceptors (Lipinski definition) is 5. The lowest BCUT2D eigenvalue weighted by Crippen LogP contribution is -2.51. The van der Waals surface area contributed by atoms with Gasteiger partial charge >= 0.3 is 0 Å². The molecule has 2 fully saturated rings. The highest BCUT2D eigenvalue weighted by atomic mass is 16.6. The minimum atomic E-state index is -0.356. The Hall–Kier alpha value is -1.99. The van der Waals surface area contributed by atoms with Gasteiger partial charge < -0.3 is 9.64 Å². The smallest absolute Gasteiger partial charge is 0.269 e. The van der Waals surface area contributed by atoms with Crippen molar-refractivity contribution < 1.29 is 14.5 Å². The third kappa shape index (κ3) is 4.65. The highest BCUT2D eigenvalue weighted by Gasteiger charge is 2.33. The zero-order valence-corrected chi connectivity index (χ0v) is 16.3. The number of nitro groups is 1. The summed E-state index contributed by atoms with van der Waals surface area (Å²) < 4.78 is 5.73. The van der Waals surface area contributed by atoms with Crippen LogP contribution in [0.2, 0.25) is 0 Å². The number of amides is 1. The van der Waals surface area contributed by atoms with E-state index < -0.39 is 0 Å². The third-order valence-corrected chi connectivity index (χ3v) is 5.72. The fraction of sp³-hybridized carbons (Fsp3) is 0.650. The molecule has 1 aromatic carbocycles. The number of non-ortho nitro benzene ring substituents is 1. The van der Waals surface area contributed by atoms with E-state index in [1.165, 1.54) is 6.07 Å². The van der Waals surface area contributed by atoms with Crippen molar-refractivity contribution in [3.8, 4) is 0 Å². The average molecular weight is 375 g/mol. The lowest BCUT2D eigenvalue weighted by atomic mass is 9.93. The van der Waals surface area contributed by atoms with Gasteiger partial charge in [-0.05, 0) is 52.3 Å². The van der Waals surface area contributed by atoms with E-state index in [1.54, 1.807) is 12.1 Å². The molecule has 3 rings (SSSR count). The largest absolute Gasteiger partial charge is 0.372 e. The summed E-state index contributed by atoms with van der Waals surface area (Å²) in [7, 11) is 0. The quantitative estimate of drug-likeness (QED) is 0.597. The number of carbonyl (C=O) groups excluding carboxylic acids is 1. The standard InChI is InChI=1S/C20H29N3O4/c1-14-12-22(13-15(2)27-14)20(24)17-7-9-21(10-8-17)16(3)18-5-4-6-19(11-18)23(25)26/h4-6,11,14-17H,7-10,12-13H2,1-3H3/t14-,15+,16-/m0/s1. The number of piperidine rings is 1. The number of ether oxygens (including phenoxy) is 1. The number of nitrogens with zero attached hydrogens (tertiary/aromatic N) is 3. The van der Waals surface area contributed by atoms with Crippen molar-refractivity contribution in [3.05, 3.63) is 39.9 Å². The zero-order valence-electron chi connectivity index (χ0n) is 16.3. The fourth-order valence-corrected chi connectivity index (χ4v) is 4.26. The van der Waals surface area contributed by atoms with Gasteiger partial charge in [-0.3, -0.25) is 19.8 Å². The SMILES string of the molecule is C[C@@H]1CN(C(=O)C2CCN([C@@H](C)c3cccc([N+](=O)[O-])c3)CC2)C[C@H](C)O1. The predicted molar refractivity (Wildman–Crippen MR) is 102 cm³/mol. The van der Waals surface area contributed by atoms with Crippen LogP contribution in [-0.4, -0.2) is 59.0 Å². The van der Waals surface area contributed by atoms with E-state index in [2.05, 4.69) is 11.8 Å². The van der Waals surface area contributed by atoms with Crippen molar-refractivity contribution >= 4 is 11.6 Å². The van der Waals surface area contributed by atoms with Crippen LogP contribution in [0.5, 0.6) is 0 Å². The molecule has 2 aliphatic rings. The first-order valence-electron chi connectivity index (χ1n) is 9.77. The minimum Gasteiger partial charge on any atom is -0.372 e. The molecule has 3 atom stereocenters. The van der Waals surface area contributed by atoms with Gasteiger partial charge in [0.2, 0.25) is 5.91 Å². The van der Waals surface area contributed by atoms with E-state index in [0.29, 0.717) is 13.1 Å². The Labute approximate surface area is 160 Å². The summed E-state index contributed by atoms with van der Waals surface area (Å²) in [6.45, 7) is 9.11. The first-order chi connectivity index (χ1) is 12.8. The van der Waals surface area contributed by atoms with Gasteiger partial charge in [-0.2, -0.15) is 0 Å². The number of rotatable bonds is 4. The Balaban J connectivity index is 1.57. The van der Waals surface area contributed by atoms with Crippen molar-refractivity contribution in [1.29, 1.82) is 0 Å². The number of likely N-dealkylation sites (tertiary alicyclic amines) is 1. The molecule has 0 spiro atoms. The predicted octanol–water partition coefficient (Wildman–Crippen LogP) is 3.00. The zero-order chi connectivity index (χ0) is 19.6. The summed E-state index contributed by atoms with van der Waals surface area (Å²) >= 11 is 0. The molecule has 1 aromatic rings. The number of hydrogen-bond donors (Lipinski definition) is 0. The van der Waals surface area contributed by atoms with Crippen LogP contribution in [0, 0.1) is 16.0 Å². The van der Waals surface area contributed by atoms with Crippen LogP contribution in [0.1, 0.15) is 45.2 Å². The topological polar surface area (TPSA) is 75.9 Å². The molecule has 2 saturated heterocycles. The first kappa shape index (κ1) is 19.8. The Morgan fingerprint density at radius 1 is 1.22 bits per heavy atom. The highest BCUT2D eigenvalue weighted by Crippen LogP contribution is 2.29. The van der Waals surface area contributed by atoms with Crippen LogP contribution < -0.4 is 0 Å². The molecule has 27 heavy (non-hydrogen) atoms. The van der Waals surface area contributed by atoms with Crippen LogP contribution in [0.3, 0.4) is 0 Å². The van der Waals surface area contributed by atoms with Crippen molar-refractivity contribution in [3.63, 3.8) is 0 Å². The summed E-state index contributed by atoms with van der Waals surface area (Å²) in [5.74, 6) is 0.315. The number of benzene rings is 1. The minimum absolute atomic E-state index is 0.0658. The lowest BCUT2D eigenvalue weighted by molar-refractivity contribution is -0.385. The summed E-state index contributed by atoms with van der Waals surface area (Å²) in [6, 6.07) is 6.94. The molecule has 0 aromatic heterocycles. The highest BCUT2D eigenvalue weighted by molar-refractivity contribution is 5.79. The number of nitro benzene ring substituents is 1. The van der Waals surface area contributed by atoms with E-state index in [4.69, 9.17) is 4.74 Å². The second kappa shape index (κ2) is 8.35. The molecule has 0 aliphatic carbocycles. The second-order valence-electron chi connectivity index (χ2n) is 7.84. The van der Waals surface area contributed by atoms with Gasteiger partial charge in [0.1, 0.15) is 0 Å².